The number of ether oxygens (including phenoxy) is 1. The Labute approximate surface area is 142 Å². The van der Waals surface area contributed by atoms with Gasteiger partial charge in [0.05, 0.1) is 13.2 Å². The lowest BCUT2D eigenvalue weighted by Gasteiger charge is -2.30. The Morgan fingerprint density at radius 3 is 2.50 bits per heavy atom. The van der Waals surface area contributed by atoms with Crippen molar-refractivity contribution in [3.63, 3.8) is 0 Å². The predicted octanol–water partition coefficient (Wildman–Crippen LogP) is 2.02. The normalized spacial score (nSPS) is 19.5. The number of morpholine rings is 1. The summed E-state index contributed by atoms with van der Waals surface area (Å²) in [4.78, 5) is 2.29. The van der Waals surface area contributed by atoms with E-state index in [-0.39, 0.29) is 12.0 Å². The second kappa shape index (κ2) is 6.98. The highest BCUT2D eigenvalue weighted by molar-refractivity contribution is 5.00. The monoisotopic (exact) mass is 334 g/mol. The van der Waals surface area contributed by atoms with Crippen LogP contribution in [0.4, 0.5) is 0 Å². The molecule has 0 saturated carbocycles. The molecule has 0 amide bonds. The van der Waals surface area contributed by atoms with Gasteiger partial charge in [0.15, 0.2) is 0 Å². The molecular formula is C16H26N6O2. The van der Waals surface area contributed by atoms with Crippen LogP contribution in [0.2, 0.25) is 0 Å². The summed E-state index contributed by atoms with van der Waals surface area (Å²) in [6.45, 7) is 11.3. The first-order chi connectivity index (χ1) is 11.5. The Bertz CT molecular complexity index is 678. The molecule has 2 aromatic rings. The molecule has 1 unspecified atom stereocenters. The lowest BCUT2D eigenvalue weighted by molar-refractivity contribution is -0.0467. The summed E-state index contributed by atoms with van der Waals surface area (Å²) in [5.41, 5.74) is 0. The molecule has 1 aliphatic heterocycles. The molecule has 8 nitrogen and oxygen atoms in total. The summed E-state index contributed by atoms with van der Waals surface area (Å²) in [5, 5.41) is 16.9. The fourth-order valence-corrected chi connectivity index (χ4v) is 2.82. The van der Waals surface area contributed by atoms with Gasteiger partial charge in [-0.1, -0.05) is 27.7 Å². The maximum atomic E-state index is 5.82. The second-order valence-corrected chi connectivity index (χ2v) is 6.92. The molecule has 132 valence electrons. The molecule has 1 atom stereocenters. The van der Waals surface area contributed by atoms with Crippen LogP contribution in [0.1, 0.15) is 69.1 Å². The van der Waals surface area contributed by atoms with Gasteiger partial charge in [0.2, 0.25) is 11.8 Å². The minimum Gasteiger partial charge on any atom is -0.422 e. The van der Waals surface area contributed by atoms with Gasteiger partial charge >= 0.3 is 0 Å². The maximum absolute atomic E-state index is 5.82. The molecule has 0 N–H and O–H groups in total. The second-order valence-electron chi connectivity index (χ2n) is 6.92. The van der Waals surface area contributed by atoms with Crippen molar-refractivity contribution < 1.29 is 9.15 Å². The van der Waals surface area contributed by atoms with Crippen molar-refractivity contribution >= 4 is 0 Å². The molecule has 2 aromatic heterocycles. The van der Waals surface area contributed by atoms with Crippen LogP contribution < -0.4 is 0 Å². The summed E-state index contributed by atoms with van der Waals surface area (Å²) < 4.78 is 13.6. The van der Waals surface area contributed by atoms with Gasteiger partial charge in [0, 0.05) is 32.0 Å². The van der Waals surface area contributed by atoms with E-state index in [0.29, 0.717) is 30.9 Å². The van der Waals surface area contributed by atoms with Crippen molar-refractivity contribution in [3.8, 4) is 0 Å². The van der Waals surface area contributed by atoms with Gasteiger partial charge in [-0.2, -0.15) is 0 Å². The van der Waals surface area contributed by atoms with Crippen molar-refractivity contribution in [2.45, 2.75) is 52.2 Å². The maximum Gasteiger partial charge on any atom is 0.246 e. The zero-order valence-corrected chi connectivity index (χ0v) is 15.1. The molecule has 8 heteroatoms. The topological polar surface area (TPSA) is 82.1 Å². The quantitative estimate of drug-likeness (QED) is 0.827. The zero-order chi connectivity index (χ0) is 17.3. The van der Waals surface area contributed by atoms with Crippen molar-refractivity contribution in [1.29, 1.82) is 0 Å². The SMILES string of the molecule is CC(C)c1nnc(C2CN(Cc3nnc(C(C)C)n3C)CCO2)o1. The average molecular weight is 334 g/mol. The van der Waals surface area contributed by atoms with Crippen molar-refractivity contribution in [1.82, 2.24) is 29.9 Å². The number of aromatic nitrogens is 5. The summed E-state index contributed by atoms with van der Waals surface area (Å²) in [6.07, 6.45) is -0.184. The lowest BCUT2D eigenvalue weighted by Crippen LogP contribution is -2.38. The fraction of sp³-hybridized carbons (Fsp3) is 0.750. The van der Waals surface area contributed by atoms with Gasteiger partial charge in [-0.05, 0) is 0 Å². The molecule has 0 spiro atoms. The molecule has 3 heterocycles. The van der Waals surface area contributed by atoms with E-state index in [0.717, 1.165) is 24.7 Å². The molecule has 1 fully saturated rings. The van der Waals surface area contributed by atoms with Gasteiger partial charge in [0.25, 0.3) is 0 Å². The van der Waals surface area contributed by atoms with Crippen LogP contribution in [-0.2, 0) is 18.3 Å². The number of rotatable bonds is 5. The Morgan fingerprint density at radius 1 is 1.08 bits per heavy atom. The Kier molecular flexibility index (Phi) is 4.96. The molecule has 0 bridgehead atoms. The highest BCUT2D eigenvalue weighted by Crippen LogP contribution is 2.24. The van der Waals surface area contributed by atoms with Gasteiger partial charge in [0.1, 0.15) is 17.8 Å². The van der Waals surface area contributed by atoms with E-state index in [2.05, 4.69) is 43.7 Å². The molecule has 3 rings (SSSR count). The van der Waals surface area contributed by atoms with E-state index in [9.17, 15) is 0 Å². The van der Waals surface area contributed by atoms with Crippen LogP contribution in [0.25, 0.3) is 0 Å². The Hall–Kier alpha value is -1.80. The first-order valence-electron chi connectivity index (χ1n) is 8.51. The highest BCUT2D eigenvalue weighted by Gasteiger charge is 2.28. The number of nitrogens with zero attached hydrogens (tertiary/aromatic N) is 6. The molecule has 1 aliphatic rings. The third-order valence-corrected chi connectivity index (χ3v) is 4.26. The molecule has 0 aliphatic carbocycles. The van der Waals surface area contributed by atoms with Crippen molar-refractivity contribution in [2.24, 2.45) is 7.05 Å². The first kappa shape index (κ1) is 17.0. The zero-order valence-electron chi connectivity index (χ0n) is 15.1. The van der Waals surface area contributed by atoms with Crippen LogP contribution in [0.5, 0.6) is 0 Å². The summed E-state index contributed by atoms with van der Waals surface area (Å²) in [6, 6.07) is 0. The summed E-state index contributed by atoms with van der Waals surface area (Å²) in [7, 11) is 2.02. The molecule has 0 aromatic carbocycles. The minimum atomic E-state index is -0.184. The average Bonchev–Trinajstić information content (AvgIpc) is 3.16. The van der Waals surface area contributed by atoms with Gasteiger partial charge in [-0.3, -0.25) is 4.90 Å². The number of hydrogen-bond acceptors (Lipinski definition) is 7. The van der Waals surface area contributed by atoms with Gasteiger partial charge in [-0.25, -0.2) is 0 Å². The third kappa shape index (κ3) is 3.49. The van der Waals surface area contributed by atoms with Gasteiger partial charge in [-0.15, -0.1) is 20.4 Å². The fourth-order valence-electron chi connectivity index (χ4n) is 2.82. The summed E-state index contributed by atoms with van der Waals surface area (Å²) >= 11 is 0. The van der Waals surface area contributed by atoms with Crippen LogP contribution >= 0.6 is 0 Å². The Balaban J connectivity index is 1.67. The number of hydrogen-bond donors (Lipinski definition) is 0. The lowest BCUT2D eigenvalue weighted by atomic mass is 10.2. The van der Waals surface area contributed by atoms with E-state index in [1.807, 2.05) is 20.9 Å². The van der Waals surface area contributed by atoms with Crippen molar-refractivity contribution in [3.05, 3.63) is 23.4 Å². The van der Waals surface area contributed by atoms with E-state index in [1.165, 1.54) is 0 Å². The van der Waals surface area contributed by atoms with E-state index in [4.69, 9.17) is 9.15 Å². The van der Waals surface area contributed by atoms with E-state index >= 15 is 0 Å². The minimum absolute atomic E-state index is 0.184. The van der Waals surface area contributed by atoms with E-state index < -0.39 is 0 Å². The van der Waals surface area contributed by atoms with Crippen LogP contribution in [0, 0.1) is 0 Å². The predicted molar refractivity (Wildman–Crippen MR) is 87.4 cm³/mol. The van der Waals surface area contributed by atoms with E-state index in [1.54, 1.807) is 0 Å². The molecule has 0 radical (unpaired) electrons. The first-order valence-corrected chi connectivity index (χ1v) is 8.51. The van der Waals surface area contributed by atoms with Crippen LogP contribution in [0.3, 0.4) is 0 Å². The van der Waals surface area contributed by atoms with Gasteiger partial charge < -0.3 is 13.7 Å². The third-order valence-electron chi connectivity index (χ3n) is 4.26. The molecule has 1 saturated heterocycles. The largest absolute Gasteiger partial charge is 0.422 e. The van der Waals surface area contributed by atoms with Crippen LogP contribution in [0.15, 0.2) is 4.42 Å². The Morgan fingerprint density at radius 2 is 1.88 bits per heavy atom. The highest BCUT2D eigenvalue weighted by atomic mass is 16.5. The smallest absolute Gasteiger partial charge is 0.246 e. The summed E-state index contributed by atoms with van der Waals surface area (Å²) in [5.74, 6) is 3.77. The van der Waals surface area contributed by atoms with Crippen molar-refractivity contribution in [2.75, 3.05) is 19.7 Å². The molecule has 24 heavy (non-hydrogen) atoms. The van der Waals surface area contributed by atoms with Crippen LogP contribution in [-0.4, -0.2) is 49.6 Å². The molecular weight excluding hydrogens is 308 g/mol. The standard InChI is InChI=1S/C16H26N6O2/c1-10(2)14-18-17-13(21(14)5)9-22-6-7-23-12(8-22)16-20-19-15(24-16)11(3)4/h10-12H,6-9H2,1-5H3.